The second-order valence-electron chi connectivity index (χ2n) is 3.25. The van der Waals surface area contributed by atoms with Crippen LogP contribution in [0.5, 0.6) is 11.5 Å². The van der Waals surface area contributed by atoms with Gasteiger partial charge in [0.2, 0.25) is 0 Å². The lowest BCUT2D eigenvalue weighted by molar-refractivity contribution is 0.316. The molecule has 0 saturated carbocycles. The second kappa shape index (κ2) is 7.38. The van der Waals surface area contributed by atoms with E-state index in [4.69, 9.17) is 15.7 Å². The maximum Gasteiger partial charge on any atom is 0.172 e. The van der Waals surface area contributed by atoms with E-state index in [1.807, 2.05) is 13.0 Å². The Kier molecular flexibility index (Phi) is 6.97. The molecule has 0 heterocycles. The van der Waals surface area contributed by atoms with Gasteiger partial charge in [0.15, 0.2) is 11.5 Å². The van der Waals surface area contributed by atoms with Crippen molar-refractivity contribution >= 4 is 28.3 Å². The largest absolute Gasteiger partial charge is 0.503 e. The van der Waals surface area contributed by atoms with Gasteiger partial charge in [-0.25, -0.2) is 0 Å². The SMILES string of the molecule is CCOc1cc([C@H](N)CC#N)cc(Br)c1O.Cl. The molecule has 0 aliphatic rings. The molecule has 0 saturated heterocycles. The first kappa shape index (κ1) is 16.0. The van der Waals surface area contributed by atoms with Crippen molar-refractivity contribution in [3.63, 3.8) is 0 Å². The van der Waals surface area contributed by atoms with Crippen molar-refractivity contribution in [2.45, 2.75) is 19.4 Å². The molecule has 3 N–H and O–H groups in total. The third-order valence-corrected chi connectivity index (χ3v) is 2.69. The number of hydrogen-bond donors (Lipinski definition) is 2. The van der Waals surface area contributed by atoms with E-state index >= 15 is 0 Å². The quantitative estimate of drug-likeness (QED) is 0.893. The van der Waals surface area contributed by atoms with Gasteiger partial charge in [-0.15, -0.1) is 12.4 Å². The molecule has 1 atom stereocenters. The first-order valence-corrected chi connectivity index (χ1v) is 5.67. The average molecular weight is 322 g/mol. The molecule has 94 valence electrons. The van der Waals surface area contributed by atoms with Crippen molar-refractivity contribution in [2.24, 2.45) is 5.73 Å². The van der Waals surface area contributed by atoms with Crippen LogP contribution in [0, 0.1) is 11.3 Å². The van der Waals surface area contributed by atoms with Crippen LogP contribution in [0.3, 0.4) is 0 Å². The number of nitrogens with zero attached hydrogens (tertiary/aromatic N) is 1. The summed E-state index contributed by atoms with van der Waals surface area (Å²) in [5.41, 5.74) is 6.57. The normalized spacial score (nSPS) is 11.2. The van der Waals surface area contributed by atoms with Crippen LogP contribution in [0.15, 0.2) is 16.6 Å². The molecule has 4 nitrogen and oxygen atoms in total. The zero-order chi connectivity index (χ0) is 12.1. The molecule has 0 spiro atoms. The lowest BCUT2D eigenvalue weighted by atomic mass is 10.0. The van der Waals surface area contributed by atoms with Crippen LogP contribution in [0.2, 0.25) is 0 Å². The van der Waals surface area contributed by atoms with Gasteiger partial charge in [-0.05, 0) is 40.5 Å². The number of phenols is 1. The van der Waals surface area contributed by atoms with E-state index in [0.29, 0.717) is 16.8 Å². The van der Waals surface area contributed by atoms with E-state index in [-0.39, 0.29) is 30.6 Å². The molecule has 0 aliphatic carbocycles. The van der Waals surface area contributed by atoms with E-state index in [9.17, 15) is 5.11 Å². The van der Waals surface area contributed by atoms with Crippen LogP contribution >= 0.6 is 28.3 Å². The Morgan fingerprint density at radius 1 is 1.59 bits per heavy atom. The molecule has 0 aromatic heterocycles. The van der Waals surface area contributed by atoms with Crippen LogP contribution in [-0.4, -0.2) is 11.7 Å². The molecule has 0 radical (unpaired) electrons. The molecule has 0 amide bonds. The lowest BCUT2D eigenvalue weighted by Gasteiger charge is -2.13. The van der Waals surface area contributed by atoms with Crippen molar-refractivity contribution in [1.82, 2.24) is 0 Å². The highest BCUT2D eigenvalue weighted by Crippen LogP contribution is 2.37. The summed E-state index contributed by atoms with van der Waals surface area (Å²) in [6, 6.07) is 4.99. The zero-order valence-electron chi connectivity index (χ0n) is 9.31. The van der Waals surface area contributed by atoms with E-state index < -0.39 is 0 Å². The van der Waals surface area contributed by atoms with Gasteiger partial charge in [0, 0.05) is 6.04 Å². The fraction of sp³-hybridized carbons (Fsp3) is 0.364. The monoisotopic (exact) mass is 320 g/mol. The van der Waals surface area contributed by atoms with Crippen molar-refractivity contribution in [3.8, 4) is 17.6 Å². The minimum Gasteiger partial charge on any atom is -0.503 e. The van der Waals surface area contributed by atoms with Crippen molar-refractivity contribution in [2.75, 3.05) is 6.61 Å². The first-order chi connectivity index (χ1) is 7.60. The Hall–Kier alpha value is -0.960. The summed E-state index contributed by atoms with van der Waals surface area (Å²) in [6.45, 7) is 2.28. The van der Waals surface area contributed by atoms with Gasteiger partial charge in [0.1, 0.15) is 0 Å². The van der Waals surface area contributed by atoms with E-state index in [0.717, 1.165) is 5.56 Å². The van der Waals surface area contributed by atoms with E-state index in [2.05, 4.69) is 15.9 Å². The zero-order valence-corrected chi connectivity index (χ0v) is 11.7. The number of nitrogens with two attached hydrogens (primary N) is 1. The predicted octanol–water partition coefficient (Wildman–Crippen LogP) is 2.89. The first-order valence-electron chi connectivity index (χ1n) is 4.87. The van der Waals surface area contributed by atoms with Crippen LogP contribution < -0.4 is 10.5 Å². The Labute approximate surface area is 115 Å². The molecule has 1 aromatic carbocycles. The fourth-order valence-electron chi connectivity index (χ4n) is 1.29. The summed E-state index contributed by atoms with van der Waals surface area (Å²) in [5.74, 6) is 0.426. The van der Waals surface area contributed by atoms with Gasteiger partial charge in [-0.2, -0.15) is 5.26 Å². The number of rotatable bonds is 4. The molecule has 0 bridgehead atoms. The third-order valence-electron chi connectivity index (χ3n) is 2.09. The third kappa shape index (κ3) is 4.08. The summed E-state index contributed by atoms with van der Waals surface area (Å²) in [4.78, 5) is 0. The summed E-state index contributed by atoms with van der Waals surface area (Å²) >= 11 is 3.22. The Balaban J connectivity index is 0.00000256. The Morgan fingerprint density at radius 3 is 2.76 bits per heavy atom. The predicted molar refractivity (Wildman–Crippen MR) is 71.4 cm³/mol. The number of halogens is 2. The number of phenolic OH excluding ortho intramolecular Hbond substituents is 1. The van der Waals surface area contributed by atoms with Crippen LogP contribution in [-0.2, 0) is 0 Å². The van der Waals surface area contributed by atoms with Gasteiger partial charge < -0.3 is 15.6 Å². The summed E-state index contributed by atoms with van der Waals surface area (Å²) in [5, 5.41) is 18.3. The summed E-state index contributed by atoms with van der Waals surface area (Å²) in [7, 11) is 0. The average Bonchev–Trinajstić information content (AvgIpc) is 2.25. The highest BCUT2D eigenvalue weighted by atomic mass is 79.9. The highest BCUT2D eigenvalue weighted by Gasteiger charge is 2.13. The molecule has 0 unspecified atom stereocenters. The number of hydrogen-bond acceptors (Lipinski definition) is 4. The highest BCUT2D eigenvalue weighted by molar-refractivity contribution is 9.10. The molecule has 0 fully saturated rings. The minimum atomic E-state index is -0.374. The van der Waals surface area contributed by atoms with E-state index in [1.165, 1.54) is 0 Å². The molecule has 17 heavy (non-hydrogen) atoms. The minimum absolute atomic E-state index is 0. The topological polar surface area (TPSA) is 79.3 Å². The second-order valence-corrected chi connectivity index (χ2v) is 4.11. The number of nitriles is 1. The van der Waals surface area contributed by atoms with Crippen molar-refractivity contribution in [1.29, 1.82) is 5.26 Å². The molecule has 6 heteroatoms. The maximum atomic E-state index is 9.69. The Bertz CT molecular complexity index is 421. The van der Waals surface area contributed by atoms with Crippen molar-refractivity contribution in [3.05, 3.63) is 22.2 Å². The smallest absolute Gasteiger partial charge is 0.172 e. The molecule has 0 aliphatic heterocycles. The fourth-order valence-corrected chi connectivity index (χ4v) is 1.75. The van der Waals surface area contributed by atoms with Gasteiger partial charge in [0.25, 0.3) is 0 Å². The number of ether oxygens (including phenoxy) is 1. The van der Waals surface area contributed by atoms with Gasteiger partial charge >= 0.3 is 0 Å². The van der Waals surface area contributed by atoms with Crippen LogP contribution in [0.1, 0.15) is 24.9 Å². The van der Waals surface area contributed by atoms with Gasteiger partial charge in [0.05, 0.1) is 23.6 Å². The number of benzene rings is 1. The lowest BCUT2D eigenvalue weighted by Crippen LogP contribution is -2.09. The van der Waals surface area contributed by atoms with Crippen LogP contribution in [0.4, 0.5) is 0 Å². The molecular formula is C11H14BrClN2O2. The summed E-state index contributed by atoms with van der Waals surface area (Å²) in [6.07, 6.45) is 0.225. The number of aromatic hydroxyl groups is 1. The van der Waals surface area contributed by atoms with Crippen LogP contribution in [0.25, 0.3) is 0 Å². The van der Waals surface area contributed by atoms with Gasteiger partial charge in [-0.3, -0.25) is 0 Å². The Morgan fingerprint density at radius 2 is 2.24 bits per heavy atom. The van der Waals surface area contributed by atoms with E-state index in [1.54, 1.807) is 12.1 Å². The molecule has 1 rings (SSSR count). The molecular weight excluding hydrogens is 307 g/mol. The van der Waals surface area contributed by atoms with Crippen molar-refractivity contribution < 1.29 is 9.84 Å². The van der Waals surface area contributed by atoms with Gasteiger partial charge in [-0.1, -0.05) is 0 Å². The standard InChI is InChI=1S/C11H13BrN2O2.ClH/c1-2-16-10-6-7(9(14)3-4-13)5-8(12)11(10)15;/h5-6,9,15H,2-3,14H2,1H3;1H/t9-;/m1./s1. The molecule has 1 aromatic rings. The summed E-state index contributed by atoms with van der Waals surface area (Å²) < 4.78 is 5.78. The maximum absolute atomic E-state index is 9.69.